The van der Waals surface area contributed by atoms with Crippen molar-refractivity contribution >= 4 is 5.91 Å². The number of allylic oxidation sites excluding steroid dienone is 9. The molecule has 14 nitrogen and oxygen atoms in total. The minimum Gasteiger partial charge on any atom is -0.394 e. The zero-order chi connectivity index (χ0) is 57.4. The third-order valence-electron chi connectivity index (χ3n) is 15.5. The number of nitrogens with one attached hydrogen (secondary N) is 1. The minimum absolute atomic E-state index is 0.247. The number of carbonyl (C=O) groups is 1. The van der Waals surface area contributed by atoms with E-state index in [1.165, 1.54) is 154 Å². The number of hydrogen-bond donors (Lipinski definition) is 9. The van der Waals surface area contributed by atoms with Gasteiger partial charge in [-0.1, -0.05) is 248 Å². The number of carbonyl (C=O) groups excluding carboxylic acids is 1. The highest BCUT2D eigenvalue weighted by atomic mass is 16.7. The maximum Gasteiger partial charge on any atom is 0.220 e. The number of unbranched alkanes of at least 4 members (excludes halogenated alkanes) is 30. The summed E-state index contributed by atoms with van der Waals surface area (Å²) in [5.41, 5.74) is 0. The Morgan fingerprint density at radius 1 is 0.468 bits per heavy atom. The summed E-state index contributed by atoms with van der Waals surface area (Å²) in [6.45, 7) is 2.70. The van der Waals surface area contributed by atoms with Gasteiger partial charge in [0.15, 0.2) is 12.6 Å². The van der Waals surface area contributed by atoms with E-state index in [4.69, 9.17) is 18.9 Å². The van der Waals surface area contributed by atoms with Crippen LogP contribution in [0.2, 0.25) is 0 Å². The normalized spacial score (nSPS) is 24.8. The third-order valence-corrected chi connectivity index (χ3v) is 15.5. The van der Waals surface area contributed by atoms with Gasteiger partial charge in [-0.15, -0.1) is 0 Å². The van der Waals surface area contributed by atoms with Gasteiger partial charge in [-0.25, -0.2) is 0 Å². The topological polar surface area (TPSA) is 228 Å². The van der Waals surface area contributed by atoms with Crippen LogP contribution in [-0.4, -0.2) is 140 Å². The molecule has 2 fully saturated rings. The molecular weight excluding hydrogens is 1000 g/mol. The molecule has 14 heteroatoms. The van der Waals surface area contributed by atoms with E-state index in [1.54, 1.807) is 6.08 Å². The molecule has 1 amide bonds. The van der Waals surface area contributed by atoms with Gasteiger partial charge in [0, 0.05) is 6.42 Å². The maximum absolute atomic E-state index is 13.3. The van der Waals surface area contributed by atoms with Gasteiger partial charge >= 0.3 is 0 Å². The number of hydrogen-bond acceptors (Lipinski definition) is 13. The Labute approximate surface area is 479 Å². The van der Waals surface area contributed by atoms with Crippen molar-refractivity contribution in [1.82, 2.24) is 5.32 Å². The van der Waals surface area contributed by atoms with Crippen LogP contribution in [0.4, 0.5) is 0 Å². The van der Waals surface area contributed by atoms with Crippen LogP contribution in [0.25, 0.3) is 0 Å². The third kappa shape index (κ3) is 35.4. The predicted octanol–water partition coefficient (Wildman–Crippen LogP) is 11.7. The van der Waals surface area contributed by atoms with Gasteiger partial charge in [0.2, 0.25) is 5.91 Å². The van der Waals surface area contributed by atoms with Crippen LogP contribution < -0.4 is 5.32 Å². The molecule has 12 unspecified atom stereocenters. The Morgan fingerprint density at radius 3 is 1.34 bits per heavy atom. The summed E-state index contributed by atoms with van der Waals surface area (Å²) in [7, 11) is 0. The van der Waals surface area contributed by atoms with E-state index < -0.39 is 86.8 Å². The average molecular weight is 1120 g/mol. The van der Waals surface area contributed by atoms with Gasteiger partial charge in [-0.05, 0) is 57.8 Å². The van der Waals surface area contributed by atoms with E-state index in [0.717, 1.165) is 70.6 Å². The fourth-order valence-electron chi connectivity index (χ4n) is 10.3. The Balaban J connectivity index is 1.74. The Morgan fingerprint density at radius 2 is 0.873 bits per heavy atom. The predicted molar refractivity (Wildman–Crippen MR) is 318 cm³/mol. The van der Waals surface area contributed by atoms with Gasteiger partial charge < -0.3 is 65.1 Å². The quantitative estimate of drug-likeness (QED) is 0.0204. The molecule has 2 rings (SSSR count). The van der Waals surface area contributed by atoms with Gasteiger partial charge in [0.1, 0.15) is 48.8 Å². The van der Waals surface area contributed by atoms with Gasteiger partial charge in [-0.3, -0.25) is 4.79 Å². The molecular formula is C65H117NO13. The van der Waals surface area contributed by atoms with Crippen molar-refractivity contribution in [3.63, 3.8) is 0 Å². The summed E-state index contributed by atoms with van der Waals surface area (Å²) in [5, 5.41) is 87.3. The number of aliphatic hydroxyl groups excluding tert-OH is 8. The van der Waals surface area contributed by atoms with Crippen LogP contribution in [0.1, 0.15) is 251 Å². The van der Waals surface area contributed by atoms with Crippen molar-refractivity contribution in [2.75, 3.05) is 19.8 Å². The lowest BCUT2D eigenvalue weighted by Gasteiger charge is -2.46. The van der Waals surface area contributed by atoms with Gasteiger partial charge in [-0.2, -0.15) is 0 Å². The fourth-order valence-corrected chi connectivity index (χ4v) is 10.3. The average Bonchev–Trinajstić information content (AvgIpc) is 3.47. The Bertz CT molecular complexity index is 1560. The van der Waals surface area contributed by atoms with E-state index in [1.807, 2.05) is 6.08 Å². The number of amides is 1. The second-order valence-electron chi connectivity index (χ2n) is 22.5. The first-order chi connectivity index (χ1) is 38.6. The van der Waals surface area contributed by atoms with Crippen molar-refractivity contribution in [3.8, 4) is 0 Å². The van der Waals surface area contributed by atoms with Crippen LogP contribution in [0.5, 0.6) is 0 Å². The molecule has 0 aromatic carbocycles. The lowest BCUT2D eigenvalue weighted by Crippen LogP contribution is -2.65. The Kier molecular flexibility index (Phi) is 46.3. The maximum atomic E-state index is 13.3. The SMILES string of the molecule is CC/C=C\C/C=C\C/C=C\C/C=C\CCCCCCCCCCC(=O)NC(COC1OC(CO)C(OC2OC(CO)C(O)C(O)C2O)C(O)C1O)C(O)/C=C/CCCCCCCCCCCCCCCCCCCCCCCC. The first-order valence-electron chi connectivity index (χ1n) is 32.0. The van der Waals surface area contributed by atoms with Crippen molar-refractivity contribution in [2.45, 2.75) is 325 Å². The summed E-state index contributed by atoms with van der Waals surface area (Å²) in [4.78, 5) is 13.3. The van der Waals surface area contributed by atoms with E-state index in [0.29, 0.717) is 6.42 Å². The molecule has 79 heavy (non-hydrogen) atoms. The van der Waals surface area contributed by atoms with Crippen LogP contribution in [0.3, 0.4) is 0 Å². The molecule has 0 spiro atoms. The number of rotatable bonds is 51. The standard InChI is InChI=1S/C65H117NO13/c1-3-5-7-9-11-13-15-17-19-21-23-25-26-27-29-30-32-34-36-38-40-42-44-46-48-54(69)53(52-76-64-62(75)60(73)63(56(51-68)78-64)79-65-61(74)59(72)58(71)55(50-67)77-65)66-57(70)49-47-45-43-41-39-37-35-33-31-28-24-22-20-18-16-14-12-10-8-6-4-2/h6,8,12,14,18,20,24,28,46,48,53-56,58-65,67-69,71-75H,3-5,7,9-11,13,15-17,19,21-23,25-27,29-45,47,49-52H2,1-2H3,(H,66,70)/b8-6-,14-12-,20-18-,28-24-,48-46+. The zero-order valence-electron chi connectivity index (χ0n) is 49.6. The van der Waals surface area contributed by atoms with Crippen LogP contribution in [0.15, 0.2) is 60.8 Å². The van der Waals surface area contributed by atoms with E-state index >= 15 is 0 Å². The smallest absolute Gasteiger partial charge is 0.220 e. The summed E-state index contributed by atoms with van der Waals surface area (Å²) >= 11 is 0. The molecule has 0 saturated carbocycles. The lowest BCUT2D eigenvalue weighted by atomic mass is 9.97. The van der Waals surface area contributed by atoms with Crippen LogP contribution >= 0.6 is 0 Å². The van der Waals surface area contributed by atoms with Crippen LogP contribution in [-0.2, 0) is 23.7 Å². The molecule has 0 aliphatic carbocycles. The van der Waals surface area contributed by atoms with E-state index in [2.05, 4.69) is 67.8 Å². The molecule has 0 aromatic rings. The largest absolute Gasteiger partial charge is 0.394 e. The van der Waals surface area contributed by atoms with Crippen molar-refractivity contribution < 1.29 is 64.6 Å². The van der Waals surface area contributed by atoms with Gasteiger partial charge in [0.25, 0.3) is 0 Å². The summed E-state index contributed by atoms with van der Waals surface area (Å²) in [6, 6.07) is -0.923. The fraction of sp³-hybridized carbons (Fsp3) is 0.831. The number of ether oxygens (including phenoxy) is 4. The summed E-state index contributed by atoms with van der Waals surface area (Å²) in [6.07, 6.45) is 48.3. The number of aliphatic hydroxyl groups is 8. The summed E-state index contributed by atoms with van der Waals surface area (Å²) in [5.74, 6) is -0.247. The zero-order valence-corrected chi connectivity index (χ0v) is 49.6. The second kappa shape index (κ2) is 50.2. The van der Waals surface area contributed by atoms with Crippen molar-refractivity contribution in [3.05, 3.63) is 60.8 Å². The van der Waals surface area contributed by atoms with E-state index in [-0.39, 0.29) is 18.9 Å². The first-order valence-corrected chi connectivity index (χ1v) is 32.0. The summed E-state index contributed by atoms with van der Waals surface area (Å²) < 4.78 is 22.8. The van der Waals surface area contributed by atoms with Crippen LogP contribution in [0, 0.1) is 0 Å². The molecule has 2 aliphatic rings. The second-order valence-corrected chi connectivity index (χ2v) is 22.5. The monoisotopic (exact) mass is 1120 g/mol. The molecule has 9 N–H and O–H groups in total. The highest BCUT2D eigenvalue weighted by molar-refractivity contribution is 5.76. The molecule has 0 bridgehead atoms. The molecule has 2 aliphatic heterocycles. The lowest BCUT2D eigenvalue weighted by molar-refractivity contribution is -0.359. The Hall–Kier alpha value is -2.31. The molecule has 2 saturated heterocycles. The van der Waals surface area contributed by atoms with Crippen molar-refractivity contribution in [2.24, 2.45) is 0 Å². The molecule has 0 radical (unpaired) electrons. The molecule has 12 atom stereocenters. The minimum atomic E-state index is -1.79. The van der Waals surface area contributed by atoms with Crippen molar-refractivity contribution in [1.29, 1.82) is 0 Å². The molecule has 2 heterocycles. The molecule has 460 valence electrons. The van der Waals surface area contributed by atoms with E-state index in [9.17, 15) is 45.6 Å². The first kappa shape index (κ1) is 72.8. The molecule has 0 aromatic heterocycles. The highest BCUT2D eigenvalue weighted by Gasteiger charge is 2.51. The highest BCUT2D eigenvalue weighted by Crippen LogP contribution is 2.30. The van der Waals surface area contributed by atoms with Gasteiger partial charge in [0.05, 0.1) is 32.0 Å².